The molecule has 4 nitrogen and oxygen atoms in total. The Kier molecular flexibility index (Phi) is 5.53. The van der Waals surface area contributed by atoms with Gasteiger partial charge in [-0.1, -0.05) is 66.6 Å². The van der Waals surface area contributed by atoms with Gasteiger partial charge in [0.25, 0.3) is 5.91 Å². The molecule has 28 heavy (non-hydrogen) atoms. The lowest BCUT2D eigenvalue weighted by atomic mass is 10.1. The Balaban J connectivity index is 1.59. The van der Waals surface area contributed by atoms with Crippen molar-refractivity contribution < 1.29 is 9.59 Å². The van der Waals surface area contributed by atoms with Crippen LogP contribution in [0.3, 0.4) is 0 Å². The van der Waals surface area contributed by atoms with Crippen molar-refractivity contribution in [2.45, 2.75) is 43.5 Å². The number of rotatable bonds is 4. The molecule has 0 saturated heterocycles. The summed E-state index contributed by atoms with van der Waals surface area (Å²) >= 11 is 1.47. The summed E-state index contributed by atoms with van der Waals surface area (Å²) in [5, 5.41) is 3.09. The Morgan fingerprint density at radius 1 is 1.14 bits per heavy atom. The Morgan fingerprint density at radius 2 is 1.86 bits per heavy atom. The number of para-hydroxylation sites is 1. The second kappa shape index (κ2) is 8.23. The number of thioether (sulfide) groups is 1. The molecule has 2 aromatic rings. The van der Waals surface area contributed by atoms with Gasteiger partial charge < -0.3 is 5.32 Å². The van der Waals surface area contributed by atoms with E-state index in [0.717, 1.165) is 41.8 Å². The van der Waals surface area contributed by atoms with Gasteiger partial charge in [-0.2, -0.15) is 0 Å². The van der Waals surface area contributed by atoms with Crippen molar-refractivity contribution in [2.75, 3.05) is 11.4 Å². The number of nitrogens with one attached hydrogen (secondary N) is 1. The average Bonchev–Trinajstić information content (AvgIpc) is 3.19. The van der Waals surface area contributed by atoms with E-state index < -0.39 is 0 Å². The number of carbonyl (C=O) groups is 2. The first-order valence-corrected chi connectivity index (χ1v) is 10.6. The predicted octanol–water partition coefficient (Wildman–Crippen LogP) is 4.53. The number of aryl methyl sites for hydroxylation is 1. The molecule has 5 heteroatoms. The molecule has 2 amide bonds. The summed E-state index contributed by atoms with van der Waals surface area (Å²) in [6.45, 7) is 2.09. The largest absolute Gasteiger partial charge is 0.352 e. The lowest BCUT2D eigenvalue weighted by molar-refractivity contribution is -0.122. The number of carbonyl (C=O) groups excluding carboxylic acids is 2. The number of fused-ring (bicyclic) bond motifs is 1. The van der Waals surface area contributed by atoms with E-state index in [1.54, 1.807) is 4.90 Å². The second-order valence-electron chi connectivity index (χ2n) is 7.43. The van der Waals surface area contributed by atoms with Gasteiger partial charge in [-0.15, -0.1) is 0 Å². The van der Waals surface area contributed by atoms with E-state index in [9.17, 15) is 9.59 Å². The van der Waals surface area contributed by atoms with Crippen LogP contribution < -0.4 is 10.2 Å². The Labute approximate surface area is 170 Å². The predicted molar refractivity (Wildman–Crippen MR) is 114 cm³/mol. The molecule has 2 aliphatic rings. The number of anilines is 1. The van der Waals surface area contributed by atoms with Crippen LogP contribution in [0.2, 0.25) is 0 Å². The Morgan fingerprint density at radius 3 is 2.61 bits per heavy atom. The van der Waals surface area contributed by atoms with Crippen molar-refractivity contribution in [3.63, 3.8) is 0 Å². The fraction of sp³-hybridized carbons (Fsp3) is 0.304. The van der Waals surface area contributed by atoms with Crippen LogP contribution in [-0.2, 0) is 9.59 Å². The molecule has 1 heterocycles. The van der Waals surface area contributed by atoms with Crippen LogP contribution in [0.25, 0.3) is 6.08 Å². The maximum Gasteiger partial charge on any atom is 0.265 e. The molecule has 1 N–H and O–H groups in total. The molecule has 0 unspecified atom stereocenters. The van der Waals surface area contributed by atoms with Crippen molar-refractivity contribution >= 4 is 35.3 Å². The highest BCUT2D eigenvalue weighted by Crippen LogP contribution is 2.41. The summed E-state index contributed by atoms with van der Waals surface area (Å²) in [7, 11) is 0. The molecule has 4 rings (SSSR count). The molecule has 1 saturated carbocycles. The van der Waals surface area contributed by atoms with E-state index in [1.807, 2.05) is 61.5 Å². The van der Waals surface area contributed by atoms with E-state index in [4.69, 9.17) is 0 Å². The molecular formula is C23H24N2O2S. The van der Waals surface area contributed by atoms with Gasteiger partial charge in [0.15, 0.2) is 0 Å². The molecule has 1 aliphatic carbocycles. The fourth-order valence-corrected chi connectivity index (χ4v) is 4.78. The standard InChI is InChI=1S/C23H24N2O2S/c1-16-10-12-17(13-11-16)14-21-23(27)25(19-8-4-5-9-20(19)28-21)15-22(26)24-18-6-2-3-7-18/h4-5,8-14,18H,2-3,6-7,15H2,1H3,(H,24,26). The zero-order valence-electron chi connectivity index (χ0n) is 16.0. The SMILES string of the molecule is Cc1ccc(C=C2Sc3ccccc3N(CC(=O)NC3CCCC3)C2=O)cc1. The molecule has 1 aliphatic heterocycles. The summed E-state index contributed by atoms with van der Waals surface area (Å²) in [5.41, 5.74) is 2.97. The minimum atomic E-state index is -0.120. The summed E-state index contributed by atoms with van der Waals surface area (Å²) in [6.07, 6.45) is 6.30. The van der Waals surface area contributed by atoms with Crippen molar-refractivity contribution in [3.05, 3.63) is 64.6 Å². The molecule has 0 radical (unpaired) electrons. The van der Waals surface area contributed by atoms with Gasteiger partial charge in [0.05, 0.1) is 10.6 Å². The highest BCUT2D eigenvalue weighted by molar-refractivity contribution is 8.04. The second-order valence-corrected chi connectivity index (χ2v) is 8.51. The van der Waals surface area contributed by atoms with Gasteiger partial charge in [0, 0.05) is 10.9 Å². The van der Waals surface area contributed by atoms with Crippen LogP contribution in [0.15, 0.2) is 58.3 Å². The van der Waals surface area contributed by atoms with Gasteiger partial charge in [-0.05, 0) is 43.5 Å². The van der Waals surface area contributed by atoms with Gasteiger partial charge in [0.2, 0.25) is 5.91 Å². The number of benzene rings is 2. The highest BCUT2D eigenvalue weighted by Gasteiger charge is 2.31. The monoisotopic (exact) mass is 392 g/mol. The third-order valence-electron chi connectivity index (χ3n) is 5.23. The maximum atomic E-state index is 13.2. The summed E-state index contributed by atoms with van der Waals surface area (Å²) < 4.78 is 0. The van der Waals surface area contributed by atoms with E-state index in [1.165, 1.54) is 17.3 Å². The van der Waals surface area contributed by atoms with Crippen LogP contribution in [0.1, 0.15) is 36.8 Å². The zero-order valence-corrected chi connectivity index (χ0v) is 16.8. The van der Waals surface area contributed by atoms with Crippen LogP contribution >= 0.6 is 11.8 Å². The lowest BCUT2D eigenvalue weighted by Gasteiger charge is -2.30. The van der Waals surface area contributed by atoms with Crippen LogP contribution in [0.5, 0.6) is 0 Å². The maximum absolute atomic E-state index is 13.2. The van der Waals surface area contributed by atoms with Crippen molar-refractivity contribution in [1.29, 1.82) is 0 Å². The van der Waals surface area contributed by atoms with Gasteiger partial charge >= 0.3 is 0 Å². The van der Waals surface area contributed by atoms with Crippen LogP contribution in [-0.4, -0.2) is 24.4 Å². The van der Waals surface area contributed by atoms with Gasteiger partial charge in [0.1, 0.15) is 6.54 Å². The number of hydrogen-bond acceptors (Lipinski definition) is 3. The minimum absolute atomic E-state index is 0.0537. The third-order valence-corrected chi connectivity index (χ3v) is 6.31. The molecular weight excluding hydrogens is 368 g/mol. The Bertz CT molecular complexity index is 914. The molecule has 0 bridgehead atoms. The fourth-order valence-electron chi connectivity index (χ4n) is 3.72. The van der Waals surface area contributed by atoms with Crippen molar-refractivity contribution in [2.24, 2.45) is 0 Å². The van der Waals surface area contributed by atoms with E-state index in [2.05, 4.69) is 5.32 Å². The topological polar surface area (TPSA) is 49.4 Å². The zero-order chi connectivity index (χ0) is 19.5. The first-order chi connectivity index (χ1) is 13.6. The van der Waals surface area contributed by atoms with E-state index in [0.29, 0.717) is 4.91 Å². The number of amides is 2. The molecule has 2 aromatic carbocycles. The summed E-state index contributed by atoms with van der Waals surface area (Å²) in [6, 6.07) is 16.1. The first-order valence-electron chi connectivity index (χ1n) is 9.76. The minimum Gasteiger partial charge on any atom is -0.352 e. The third kappa shape index (κ3) is 4.14. The number of hydrogen-bond donors (Lipinski definition) is 1. The molecule has 0 aromatic heterocycles. The van der Waals surface area contributed by atoms with Gasteiger partial charge in [-0.25, -0.2) is 0 Å². The molecule has 0 spiro atoms. The van der Waals surface area contributed by atoms with Gasteiger partial charge in [-0.3, -0.25) is 14.5 Å². The van der Waals surface area contributed by atoms with Crippen LogP contribution in [0, 0.1) is 6.92 Å². The van der Waals surface area contributed by atoms with E-state index >= 15 is 0 Å². The average molecular weight is 393 g/mol. The summed E-state index contributed by atoms with van der Waals surface area (Å²) in [5.74, 6) is -0.206. The molecule has 144 valence electrons. The highest BCUT2D eigenvalue weighted by atomic mass is 32.2. The first kappa shape index (κ1) is 18.8. The summed E-state index contributed by atoms with van der Waals surface area (Å²) in [4.78, 5) is 29.0. The smallest absolute Gasteiger partial charge is 0.265 e. The molecule has 0 atom stereocenters. The van der Waals surface area contributed by atoms with Crippen molar-refractivity contribution in [3.8, 4) is 0 Å². The Hall–Kier alpha value is -2.53. The lowest BCUT2D eigenvalue weighted by Crippen LogP contribution is -2.45. The van der Waals surface area contributed by atoms with Crippen molar-refractivity contribution in [1.82, 2.24) is 5.32 Å². The normalized spacial score (nSPS) is 18.4. The van der Waals surface area contributed by atoms with Crippen LogP contribution in [0.4, 0.5) is 5.69 Å². The van der Waals surface area contributed by atoms with E-state index in [-0.39, 0.29) is 24.4 Å². The molecule has 1 fully saturated rings. The number of nitrogens with zero attached hydrogens (tertiary/aromatic N) is 1. The quantitative estimate of drug-likeness (QED) is 0.778.